The molecule has 7 nitrogen and oxygen atoms in total. The van der Waals surface area contributed by atoms with Gasteiger partial charge in [-0.05, 0) is 24.3 Å². The minimum absolute atomic E-state index is 0.375. The van der Waals surface area contributed by atoms with Crippen LogP contribution in [0, 0.1) is 0 Å². The van der Waals surface area contributed by atoms with E-state index in [1.807, 2.05) is 42.5 Å². The molecule has 7 heteroatoms. The summed E-state index contributed by atoms with van der Waals surface area (Å²) in [4.78, 5) is 8.52. The lowest BCUT2D eigenvalue weighted by Crippen LogP contribution is -2.02. The summed E-state index contributed by atoms with van der Waals surface area (Å²) in [7, 11) is 0. The maximum Gasteiger partial charge on any atom is 0.248 e. The van der Waals surface area contributed by atoms with Crippen molar-refractivity contribution in [3.05, 3.63) is 54.6 Å². The fourth-order valence-electron chi connectivity index (χ4n) is 2.08. The van der Waals surface area contributed by atoms with Gasteiger partial charge >= 0.3 is 0 Å². The molecule has 0 atom stereocenters. The number of aromatic nitrogens is 6. The van der Waals surface area contributed by atoms with E-state index in [1.165, 1.54) is 0 Å². The Morgan fingerprint density at radius 3 is 2.86 bits per heavy atom. The number of pyridine rings is 1. The molecule has 0 radical (unpaired) electrons. The van der Waals surface area contributed by atoms with E-state index < -0.39 is 0 Å². The van der Waals surface area contributed by atoms with Crippen LogP contribution >= 0.6 is 0 Å². The maximum atomic E-state index is 5.25. The van der Waals surface area contributed by atoms with Gasteiger partial charge in [0.25, 0.3) is 0 Å². The second kappa shape index (κ2) is 4.78. The van der Waals surface area contributed by atoms with Crippen LogP contribution in [0.5, 0.6) is 0 Å². The number of hydrogen-bond donors (Lipinski definition) is 0. The van der Waals surface area contributed by atoms with Gasteiger partial charge in [-0.1, -0.05) is 28.6 Å². The highest BCUT2D eigenvalue weighted by molar-refractivity contribution is 5.73. The lowest BCUT2D eigenvalue weighted by molar-refractivity contribution is 0.366. The van der Waals surface area contributed by atoms with E-state index in [0.717, 1.165) is 11.0 Å². The molecule has 21 heavy (non-hydrogen) atoms. The molecule has 4 rings (SSSR count). The molecule has 3 aromatic heterocycles. The fourth-order valence-corrected chi connectivity index (χ4v) is 2.08. The third kappa shape index (κ3) is 2.14. The summed E-state index contributed by atoms with van der Waals surface area (Å²) in [6, 6.07) is 13.3. The predicted molar refractivity (Wildman–Crippen MR) is 74.2 cm³/mol. The molecule has 0 bridgehead atoms. The second-order valence-electron chi connectivity index (χ2n) is 4.46. The van der Waals surface area contributed by atoms with Crippen LogP contribution in [0.2, 0.25) is 0 Å². The Bertz CT molecular complexity index is 883. The van der Waals surface area contributed by atoms with Gasteiger partial charge in [0.15, 0.2) is 0 Å². The van der Waals surface area contributed by atoms with Crippen LogP contribution in [0.1, 0.15) is 5.89 Å². The van der Waals surface area contributed by atoms with E-state index in [4.69, 9.17) is 4.52 Å². The van der Waals surface area contributed by atoms with Crippen LogP contribution in [-0.2, 0) is 6.54 Å². The number of benzene rings is 1. The molecule has 0 aliphatic carbocycles. The summed E-state index contributed by atoms with van der Waals surface area (Å²) < 4.78 is 6.98. The van der Waals surface area contributed by atoms with Gasteiger partial charge in [-0.25, -0.2) is 4.68 Å². The average molecular weight is 278 g/mol. The van der Waals surface area contributed by atoms with E-state index in [2.05, 4.69) is 25.4 Å². The fraction of sp³-hybridized carbons (Fsp3) is 0.0714. The van der Waals surface area contributed by atoms with Crippen molar-refractivity contribution in [2.75, 3.05) is 0 Å². The normalized spacial score (nSPS) is 11.0. The zero-order valence-corrected chi connectivity index (χ0v) is 10.9. The number of hydrogen-bond acceptors (Lipinski definition) is 6. The third-order valence-electron chi connectivity index (χ3n) is 3.07. The van der Waals surface area contributed by atoms with Crippen LogP contribution in [-0.4, -0.2) is 30.1 Å². The molecule has 0 amide bonds. The van der Waals surface area contributed by atoms with Crippen LogP contribution in [0.25, 0.3) is 22.6 Å². The molecule has 0 spiro atoms. The zero-order valence-electron chi connectivity index (χ0n) is 10.9. The smallest absolute Gasteiger partial charge is 0.248 e. The van der Waals surface area contributed by atoms with Crippen molar-refractivity contribution in [2.45, 2.75) is 6.54 Å². The minimum Gasteiger partial charge on any atom is -0.337 e. The van der Waals surface area contributed by atoms with Crippen LogP contribution in [0.3, 0.4) is 0 Å². The second-order valence-corrected chi connectivity index (χ2v) is 4.46. The molecule has 0 aliphatic heterocycles. The first-order valence-corrected chi connectivity index (χ1v) is 6.42. The van der Waals surface area contributed by atoms with Crippen molar-refractivity contribution >= 4 is 11.0 Å². The Morgan fingerprint density at radius 1 is 1.05 bits per heavy atom. The number of para-hydroxylation sites is 1. The standard InChI is InChI=1S/C14H10N6O/c1-2-7-12-10(5-1)17-19-20(12)9-13-16-14(18-21-13)11-6-3-4-8-15-11/h1-8H,9H2. The Morgan fingerprint density at radius 2 is 1.95 bits per heavy atom. The SMILES string of the molecule is c1ccc(-c2noc(Cn3nnc4ccccc43)n2)nc1. The van der Waals surface area contributed by atoms with Crippen molar-refractivity contribution < 1.29 is 4.52 Å². The molecular formula is C14H10N6O. The molecular weight excluding hydrogens is 268 g/mol. The van der Waals surface area contributed by atoms with Crippen LogP contribution < -0.4 is 0 Å². The first kappa shape index (κ1) is 11.7. The van der Waals surface area contributed by atoms with Crippen molar-refractivity contribution in [2.24, 2.45) is 0 Å². The van der Waals surface area contributed by atoms with E-state index in [1.54, 1.807) is 10.9 Å². The lowest BCUT2D eigenvalue weighted by Gasteiger charge is -1.96. The largest absolute Gasteiger partial charge is 0.337 e. The van der Waals surface area contributed by atoms with E-state index >= 15 is 0 Å². The van der Waals surface area contributed by atoms with Crippen molar-refractivity contribution in [3.8, 4) is 11.5 Å². The Kier molecular flexibility index (Phi) is 2.67. The average Bonchev–Trinajstić information content (AvgIpc) is 3.17. The predicted octanol–water partition coefficient (Wildman–Crippen LogP) is 1.92. The molecule has 0 aliphatic rings. The van der Waals surface area contributed by atoms with Gasteiger partial charge in [0, 0.05) is 6.20 Å². The summed E-state index contributed by atoms with van der Waals surface area (Å²) in [5, 5.41) is 12.1. The zero-order chi connectivity index (χ0) is 14.1. The first-order chi connectivity index (χ1) is 10.4. The Hall–Kier alpha value is -3.09. The molecule has 0 saturated carbocycles. The minimum atomic E-state index is 0.375. The van der Waals surface area contributed by atoms with Gasteiger partial charge in [-0.15, -0.1) is 5.10 Å². The van der Waals surface area contributed by atoms with Gasteiger partial charge in [-0.3, -0.25) is 4.98 Å². The van der Waals surface area contributed by atoms with Gasteiger partial charge in [0.1, 0.15) is 17.8 Å². The molecule has 0 N–H and O–H groups in total. The Labute approximate surface area is 119 Å². The highest BCUT2D eigenvalue weighted by Crippen LogP contribution is 2.14. The topological polar surface area (TPSA) is 82.5 Å². The number of nitrogens with zero attached hydrogens (tertiary/aromatic N) is 6. The number of fused-ring (bicyclic) bond motifs is 1. The monoisotopic (exact) mass is 278 g/mol. The van der Waals surface area contributed by atoms with E-state index in [-0.39, 0.29) is 0 Å². The molecule has 4 aromatic rings. The third-order valence-corrected chi connectivity index (χ3v) is 3.07. The van der Waals surface area contributed by atoms with Crippen molar-refractivity contribution in [1.29, 1.82) is 0 Å². The van der Waals surface area contributed by atoms with Gasteiger partial charge in [0.2, 0.25) is 11.7 Å². The highest BCUT2D eigenvalue weighted by atomic mass is 16.5. The molecule has 0 fully saturated rings. The molecule has 3 heterocycles. The van der Waals surface area contributed by atoms with E-state index in [0.29, 0.717) is 24.0 Å². The lowest BCUT2D eigenvalue weighted by atomic mass is 10.3. The van der Waals surface area contributed by atoms with Gasteiger partial charge in [0.05, 0.1) is 5.52 Å². The summed E-state index contributed by atoms with van der Waals surface area (Å²) in [5.74, 6) is 0.932. The quantitative estimate of drug-likeness (QED) is 0.569. The van der Waals surface area contributed by atoms with Crippen molar-refractivity contribution in [3.63, 3.8) is 0 Å². The van der Waals surface area contributed by atoms with Gasteiger partial charge in [-0.2, -0.15) is 4.98 Å². The van der Waals surface area contributed by atoms with Gasteiger partial charge < -0.3 is 4.52 Å². The van der Waals surface area contributed by atoms with Crippen molar-refractivity contribution in [1.82, 2.24) is 30.1 Å². The van der Waals surface area contributed by atoms with E-state index in [9.17, 15) is 0 Å². The maximum absolute atomic E-state index is 5.25. The number of rotatable bonds is 3. The summed E-state index contributed by atoms with van der Waals surface area (Å²) in [5.41, 5.74) is 2.44. The molecule has 0 unspecified atom stereocenters. The first-order valence-electron chi connectivity index (χ1n) is 6.42. The molecule has 0 saturated heterocycles. The molecule has 1 aromatic carbocycles. The summed E-state index contributed by atoms with van der Waals surface area (Å²) >= 11 is 0. The summed E-state index contributed by atoms with van der Waals surface area (Å²) in [6.07, 6.45) is 1.69. The summed E-state index contributed by atoms with van der Waals surface area (Å²) in [6.45, 7) is 0.375. The van der Waals surface area contributed by atoms with Crippen LogP contribution in [0.4, 0.5) is 0 Å². The van der Waals surface area contributed by atoms with Crippen LogP contribution in [0.15, 0.2) is 53.2 Å². The highest BCUT2D eigenvalue weighted by Gasteiger charge is 2.12. The Balaban J connectivity index is 1.65. The molecule has 102 valence electrons.